The molecule has 1 N–H and O–H groups in total. The van der Waals surface area contributed by atoms with Crippen molar-refractivity contribution in [1.29, 1.82) is 0 Å². The molecule has 0 unspecified atom stereocenters. The van der Waals surface area contributed by atoms with Crippen molar-refractivity contribution in [3.8, 4) is 11.5 Å². The molecule has 2 aromatic rings. The van der Waals surface area contributed by atoms with Crippen molar-refractivity contribution < 1.29 is 19.1 Å². The Morgan fingerprint density at radius 3 is 2.59 bits per heavy atom. The van der Waals surface area contributed by atoms with Crippen LogP contribution in [0.15, 0.2) is 42.5 Å². The number of carbonyl (C=O) groups is 2. The van der Waals surface area contributed by atoms with E-state index in [0.717, 1.165) is 11.3 Å². The second-order valence-electron chi connectivity index (χ2n) is 6.26. The molecule has 142 valence electrons. The normalized spacial score (nSPS) is 13.7. The van der Waals surface area contributed by atoms with Crippen LogP contribution in [0.5, 0.6) is 11.5 Å². The molecule has 7 nitrogen and oxygen atoms in total. The number of hydrogen-bond donors (Lipinski definition) is 1. The second kappa shape index (κ2) is 7.99. The van der Waals surface area contributed by atoms with Gasteiger partial charge in [0.1, 0.15) is 18.0 Å². The van der Waals surface area contributed by atoms with Gasteiger partial charge in [0.2, 0.25) is 5.91 Å². The summed E-state index contributed by atoms with van der Waals surface area (Å²) in [5, 5.41) is 2.86. The largest absolute Gasteiger partial charge is 0.497 e. The van der Waals surface area contributed by atoms with Crippen LogP contribution in [-0.2, 0) is 4.79 Å². The fraction of sp³-hybridized carbons (Fsp3) is 0.300. The van der Waals surface area contributed by atoms with Crippen LogP contribution in [0.1, 0.15) is 5.56 Å². The Morgan fingerprint density at radius 2 is 1.89 bits per heavy atom. The molecule has 0 bridgehead atoms. The van der Waals surface area contributed by atoms with Crippen LogP contribution < -0.4 is 19.7 Å². The quantitative estimate of drug-likeness (QED) is 0.850. The average molecular weight is 369 g/mol. The van der Waals surface area contributed by atoms with Gasteiger partial charge in [0, 0.05) is 24.8 Å². The van der Waals surface area contributed by atoms with E-state index in [9.17, 15) is 9.59 Å². The van der Waals surface area contributed by atoms with E-state index in [1.54, 1.807) is 37.3 Å². The molecule has 7 heteroatoms. The molecule has 0 aromatic heterocycles. The van der Waals surface area contributed by atoms with Crippen molar-refractivity contribution in [2.45, 2.75) is 6.92 Å². The highest BCUT2D eigenvalue weighted by atomic mass is 16.5. The number of methoxy groups -OCH3 is 2. The zero-order chi connectivity index (χ0) is 19.4. The van der Waals surface area contributed by atoms with E-state index in [4.69, 9.17) is 9.47 Å². The van der Waals surface area contributed by atoms with Crippen LogP contribution in [0, 0.1) is 6.92 Å². The zero-order valence-electron chi connectivity index (χ0n) is 15.7. The third-order valence-corrected chi connectivity index (χ3v) is 4.53. The molecule has 2 aromatic carbocycles. The van der Waals surface area contributed by atoms with E-state index in [1.165, 1.54) is 4.90 Å². The van der Waals surface area contributed by atoms with Crippen molar-refractivity contribution in [3.05, 3.63) is 48.0 Å². The maximum atomic E-state index is 12.8. The molecule has 3 amide bonds. The predicted molar refractivity (Wildman–Crippen MR) is 104 cm³/mol. The molecule has 1 heterocycles. The number of amides is 3. The van der Waals surface area contributed by atoms with Crippen molar-refractivity contribution in [2.75, 3.05) is 44.1 Å². The number of carbonyl (C=O) groups excluding carboxylic acids is 2. The highest BCUT2D eigenvalue weighted by Gasteiger charge is 2.32. The van der Waals surface area contributed by atoms with Crippen LogP contribution in [0.2, 0.25) is 0 Å². The molecule has 1 fully saturated rings. The Kier molecular flexibility index (Phi) is 5.49. The average Bonchev–Trinajstić information content (AvgIpc) is 3.03. The van der Waals surface area contributed by atoms with Gasteiger partial charge in [-0.2, -0.15) is 0 Å². The molecule has 3 rings (SSSR count). The van der Waals surface area contributed by atoms with Gasteiger partial charge in [0.25, 0.3) is 0 Å². The first-order valence-corrected chi connectivity index (χ1v) is 8.67. The SMILES string of the molecule is COc1ccc(OC)c(N2CCN(CC(=O)Nc3ccccc3C)C2=O)c1. The summed E-state index contributed by atoms with van der Waals surface area (Å²) in [5.74, 6) is 0.988. The Hall–Kier alpha value is -3.22. The summed E-state index contributed by atoms with van der Waals surface area (Å²) in [5.41, 5.74) is 2.35. The number of urea groups is 1. The van der Waals surface area contributed by atoms with Gasteiger partial charge < -0.3 is 19.7 Å². The molecule has 27 heavy (non-hydrogen) atoms. The van der Waals surface area contributed by atoms with Gasteiger partial charge in [-0.3, -0.25) is 9.69 Å². The summed E-state index contributed by atoms with van der Waals surface area (Å²) in [6.07, 6.45) is 0. The predicted octanol–water partition coefficient (Wildman–Crippen LogP) is 2.89. The summed E-state index contributed by atoms with van der Waals surface area (Å²) in [4.78, 5) is 28.3. The fourth-order valence-electron chi connectivity index (χ4n) is 3.04. The summed E-state index contributed by atoms with van der Waals surface area (Å²) >= 11 is 0. The third kappa shape index (κ3) is 3.97. The minimum Gasteiger partial charge on any atom is -0.497 e. The lowest BCUT2D eigenvalue weighted by atomic mass is 10.2. The van der Waals surface area contributed by atoms with Crippen LogP contribution in [0.4, 0.5) is 16.2 Å². The van der Waals surface area contributed by atoms with E-state index >= 15 is 0 Å². The van der Waals surface area contributed by atoms with Crippen molar-refractivity contribution >= 4 is 23.3 Å². The Morgan fingerprint density at radius 1 is 1.11 bits per heavy atom. The minimum atomic E-state index is -0.235. The van der Waals surface area contributed by atoms with Crippen molar-refractivity contribution in [3.63, 3.8) is 0 Å². The first-order valence-electron chi connectivity index (χ1n) is 8.67. The summed E-state index contributed by atoms with van der Waals surface area (Å²) < 4.78 is 10.6. The van der Waals surface area contributed by atoms with E-state index in [2.05, 4.69) is 5.32 Å². The first-order chi connectivity index (χ1) is 13.0. The lowest BCUT2D eigenvalue weighted by Gasteiger charge is -2.21. The maximum Gasteiger partial charge on any atom is 0.325 e. The standard InChI is InChI=1S/C20H23N3O4/c1-14-6-4-5-7-16(14)21-19(24)13-22-10-11-23(20(22)25)17-12-15(26-2)8-9-18(17)27-3/h4-9,12H,10-11,13H2,1-3H3,(H,21,24). The first kappa shape index (κ1) is 18.6. The van der Waals surface area contributed by atoms with Crippen LogP contribution in [-0.4, -0.2) is 50.7 Å². The van der Waals surface area contributed by atoms with E-state index < -0.39 is 0 Å². The number of para-hydroxylation sites is 1. The number of anilines is 2. The molecule has 0 radical (unpaired) electrons. The van der Waals surface area contributed by atoms with Gasteiger partial charge in [-0.1, -0.05) is 18.2 Å². The van der Waals surface area contributed by atoms with Gasteiger partial charge in [-0.25, -0.2) is 4.79 Å². The van der Waals surface area contributed by atoms with Crippen molar-refractivity contribution in [2.24, 2.45) is 0 Å². The lowest BCUT2D eigenvalue weighted by Crippen LogP contribution is -2.37. The van der Waals surface area contributed by atoms with Gasteiger partial charge >= 0.3 is 6.03 Å². The number of nitrogens with one attached hydrogen (secondary N) is 1. The second-order valence-corrected chi connectivity index (χ2v) is 6.26. The Labute approximate surface area is 158 Å². The van der Waals surface area contributed by atoms with Crippen LogP contribution in [0.3, 0.4) is 0 Å². The minimum absolute atomic E-state index is 0.00402. The number of benzene rings is 2. The van der Waals surface area contributed by atoms with E-state index in [-0.39, 0.29) is 18.5 Å². The topological polar surface area (TPSA) is 71.1 Å². The molecular weight excluding hydrogens is 346 g/mol. The fourth-order valence-corrected chi connectivity index (χ4v) is 3.04. The highest BCUT2D eigenvalue weighted by molar-refractivity contribution is 6.00. The lowest BCUT2D eigenvalue weighted by molar-refractivity contribution is -0.116. The van der Waals surface area contributed by atoms with Gasteiger partial charge in [0.05, 0.1) is 19.9 Å². The molecular formula is C20H23N3O4. The summed E-state index contributed by atoms with van der Waals surface area (Å²) in [7, 11) is 3.12. The molecule has 0 aliphatic carbocycles. The number of nitrogens with zero attached hydrogens (tertiary/aromatic N) is 2. The number of aryl methyl sites for hydroxylation is 1. The molecule has 0 spiro atoms. The summed E-state index contributed by atoms with van der Waals surface area (Å²) in [6.45, 7) is 2.85. The zero-order valence-corrected chi connectivity index (χ0v) is 15.7. The monoisotopic (exact) mass is 369 g/mol. The molecule has 0 atom stereocenters. The molecule has 1 aliphatic heterocycles. The van der Waals surface area contributed by atoms with Crippen LogP contribution >= 0.6 is 0 Å². The van der Waals surface area contributed by atoms with Gasteiger partial charge in [0.15, 0.2) is 0 Å². The van der Waals surface area contributed by atoms with Crippen molar-refractivity contribution in [1.82, 2.24) is 4.90 Å². The van der Waals surface area contributed by atoms with Gasteiger partial charge in [-0.05, 0) is 30.7 Å². The molecule has 0 saturated carbocycles. The third-order valence-electron chi connectivity index (χ3n) is 4.53. The summed E-state index contributed by atoms with van der Waals surface area (Å²) in [6, 6.07) is 12.6. The number of hydrogen-bond acceptors (Lipinski definition) is 4. The Bertz CT molecular complexity index is 853. The van der Waals surface area contributed by atoms with E-state index in [0.29, 0.717) is 30.3 Å². The molecule has 1 aliphatic rings. The number of rotatable bonds is 6. The van der Waals surface area contributed by atoms with E-state index in [1.807, 2.05) is 31.2 Å². The van der Waals surface area contributed by atoms with Gasteiger partial charge in [-0.15, -0.1) is 0 Å². The number of ether oxygens (including phenoxy) is 2. The molecule has 1 saturated heterocycles. The highest BCUT2D eigenvalue weighted by Crippen LogP contribution is 2.34. The Balaban J connectivity index is 1.70. The maximum absolute atomic E-state index is 12.8. The smallest absolute Gasteiger partial charge is 0.325 e. The van der Waals surface area contributed by atoms with Crippen LogP contribution in [0.25, 0.3) is 0 Å².